The summed E-state index contributed by atoms with van der Waals surface area (Å²) < 4.78 is 16.2. The fourth-order valence-corrected chi connectivity index (χ4v) is 2.78. The molecule has 23 heavy (non-hydrogen) atoms. The molecule has 3 rings (SSSR count). The number of hydrogen-bond acceptors (Lipinski definition) is 4. The van der Waals surface area contributed by atoms with Gasteiger partial charge in [-0.15, -0.1) is 0 Å². The minimum absolute atomic E-state index is 0.189. The van der Waals surface area contributed by atoms with Crippen molar-refractivity contribution in [1.82, 2.24) is 5.32 Å². The molecule has 2 aromatic rings. The van der Waals surface area contributed by atoms with Crippen molar-refractivity contribution in [3.63, 3.8) is 0 Å². The molecule has 122 valence electrons. The van der Waals surface area contributed by atoms with Gasteiger partial charge in [-0.3, -0.25) is 4.79 Å². The Labute approximate surface area is 135 Å². The van der Waals surface area contributed by atoms with Crippen LogP contribution in [0, 0.1) is 5.92 Å². The normalized spacial score (nSPS) is 17.0. The van der Waals surface area contributed by atoms with Crippen LogP contribution in [-0.4, -0.2) is 26.2 Å². The molecule has 1 aromatic heterocycles. The molecule has 0 aliphatic carbocycles. The van der Waals surface area contributed by atoms with Gasteiger partial charge in [0.15, 0.2) is 5.76 Å². The molecule has 2 heterocycles. The van der Waals surface area contributed by atoms with E-state index in [-0.39, 0.29) is 5.91 Å². The van der Waals surface area contributed by atoms with Crippen LogP contribution in [-0.2, 0) is 17.8 Å². The van der Waals surface area contributed by atoms with Gasteiger partial charge in [-0.05, 0) is 42.5 Å². The predicted molar refractivity (Wildman–Crippen MR) is 85.5 cm³/mol. The number of ether oxygens (including phenoxy) is 2. The minimum Gasteiger partial charge on any atom is -0.493 e. The second-order valence-electron chi connectivity index (χ2n) is 5.72. The minimum atomic E-state index is -0.189. The SMILES string of the molecule is COCc1ccc(C(=O)NC[C@@H]2CCOc3ccccc3C2)o1. The highest BCUT2D eigenvalue weighted by atomic mass is 16.5. The van der Waals surface area contributed by atoms with Crippen LogP contribution in [0.5, 0.6) is 5.75 Å². The summed E-state index contributed by atoms with van der Waals surface area (Å²) in [5, 5.41) is 2.95. The van der Waals surface area contributed by atoms with Gasteiger partial charge in [-0.1, -0.05) is 18.2 Å². The summed E-state index contributed by atoms with van der Waals surface area (Å²) in [6, 6.07) is 11.5. The molecule has 1 aromatic carbocycles. The van der Waals surface area contributed by atoms with Crippen LogP contribution in [0.15, 0.2) is 40.8 Å². The molecule has 0 saturated heterocycles. The first-order valence-electron chi connectivity index (χ1n) is 7.83. The van der Waals surface area contributed by atoms with Gasteiger partial charge in [-0.2, -0.15) is 0 Å². The number of furan rings is 1. The van der Waals surface area contributed by atoms with Gasteiger partial charge in [-0.25, -0.2) is 0 Å². The zero-order valence-corrected chi connectivity index (χ0v) is 13.2. The van der Waals surface area contributed by atoms with Crippen LogP contribution in [0.4, 0.5) is 0 Å². The average Bonchev–Trinajstić information content (AvgIpc) is 2.92. The van der Waals surface area contributed by atoms with Crippen LogP contribution in [0.3, 0.4) is 0 Å². The maximum absolute atomic E-state index is 12.2. The van der Waals surface area contributed by atoms with Gasteiger partial charge >= 0.3 is 0 Å². The molecule has 0 unspecified atom stereocenters. The van der Waals surface area contributed by atoms with Crippen molar-refractivity contribution in [3.05, 3.63) is 53.5 Å². The standard InChI is InChI=1S/C18H21NO4/c1-21-12-15-6-7-17(23-15)18(20)19-11-13-8-9-22-16-5-3-2-4-14(16)10-13/h2-7,13H,8-12H2,1H3,(H,19,20)/t13-/m1/s1. The monoisotopic (exact) mass is 315 g/mol. The summed E-state index contributed by atoms with van der Waals surface area (Å²) in [7, 11) is 1.59. The topological polar surface area (TPSA) is 60.7 Å². The van der Waals surface area contributed by atoms with Crippen LogP contribution in [0.25, 0.3) is 0 Å². The maximum Gasteiger partial charge on any atom is 0.287 e. The molecule has 0 radical (unpaired) electrons. The van der Waals surface area contributed by atoms with Crippen molar-refractivity contribution < 1.29 is 18.7 Å². The lowest BCUT2D eigenvalue weighted by Crippen LogP contribution is -2.30. The van der Waals surface area contributed by atoms with Crippen molar-refractivity contribution in [1.29, 1.82) is 0 Å². The van der Waals surface area contributed by atoms with E-state index >= 15 is 0 Å². The van der Waals surface area contributed by atoms with E-state index in [1.54, 1.807) is 19.2 Å². The third-order valence-corrected chi connectivity index (χ3v) is 3.99. The molecule has 1 atom stereocenters. The molecule has 0 bridgehead atoms. The van der Waals surface area contributed by atoms with Gasteiger partial charge in [0.2, 0.25) is 0 Å². The first kappa shape index (κ1) is 15.6. The highest BCUT2D eigenvalue weighted by Crippen LogP contribution is 2.26. The first-order chi connectivity index (χ1) is 11.3. The number of rotatable bonds is 5. The summed E-state index contributed by atoms with van der Waals surface area (Å²) in [4.78, 5) is 12.2. The zero-order chi connectivity index (χ0) is 16.1. The Morgan fingerprint density at radius 2 is 2.17 bits per heavy atom. The zero-order valence-electron chi connectivity index (χ0n) is 13.2. The largest absolute Gasteiger partial charge is 0.493 e. The number of carbonyl (C=O) groups excluding carboxylic acids is 1. The second-order valence-corrected chi connectivity index (χ2v) is 5.72. The summed E-state index contributed by atoms with van der Waals surface area (Å²) in [6.45, 7) is 1.65. The molecule has 1 amide bonds. The Kier molecular flexibility index (Phi) is 4.98. The van der Waals surface area contributed by atoms with Crippen LogP contribution >= 0.6 is 0 Å². The predicted octanol–water partition coefficient (Wildman–Crippen LogP) is 2.80. The molecule has 1 N–H and O–H groups in total. The van der Waals surface area contributed by atoms with Crippen LogP contribution in [0.2, 0.25) is 0 Å². The van der Waals surface area contributed by atoms with E-state index in [0.29, 0.717) is 37.2 Å². The summed E-state index contributed by atoms with van der Waals surface area (Å²) in [5.74, 6) is 2.09. The first-order valence-corrected chi connectivity index (χ1v) is 7.83. The molecular formula is C18H21NO4. The number of benzene rings is 1. The van der Waals surface area contributed by atoms with E-state index in [4.69, 9.17) is 13.9 Å². The Balaban J connectivity index is 1.56. The molecule has 1 aliphatic rings. The Bertz CT molecular complexity index is 665. The number of carbonyl (C=O) groups is 1. The smallest absolute Gasteiger partial charge is 0.287 e. The Morgan fingerprint density at radius 1 is 1.30 bits per heavy atom. The molecule has 0 spiro atoms. The van der Waals surface area contributed by atoms with Gasteiger partial charge in [0, 0.05) is 13.7 Å². The quantitative estimate of drug-likeness (QED) is 0.921. The van der Waals surface area contributed by atoms with Crippen molar-refractivity contribution in [2.45, 2.75) is 19.4 Å². The molecular weight excluding hydrogens is 294 g/mol. The Hall–Kier alpha value is -2.27. The van der Waals surface area contributed by atoms with E-state index in [1.807, 2.05) is 18.2 Å². The fraction of sp³-hybridized carbons (Fsp3) is 0.389. The highest BCUT2D eigenvalue weighted by molar-refractivity contribution is 5.91. The maximum atomic E-state index is 12.2. The van der Waals surface area contributed by atoms with E-state index < -0.39 is 0 Å². The highest BCUT2D eigenvalue weighted by Gasteiger charge is 2.19. The second kappa shape index (κ2) is 7.33. The lowest BCUT2D eigenvalue weighted by Gasteiger charge is -2.14. The molecule has 1 aliphatic heterocycles. The van der Waals surface area contributed by atoms with Crippen molar-refractivity contribution in [3.8, 4) is 5.75 Å². The molecule has 5 nitrogen and oxygen atoms in total. The number of nitrogens with one attached hydrogen (secondary N) is 1. The fourth-order valence-electron chi connectivity index (χ4n) is 2.78. The molecule has 0 fully saturated rings. The summed E-state index contributed by atoms with van der Waals surface area (Å²) >= 11 is 0. The number of fused-ring (bicyclic) bond motifs is 1. The van der Waals surface area contributed by atoms with Crippen molar-refractivity contribution >= 4 is 5.91 Å². The van der Waals surface area contributed by atoms with Gasteiger partial charge in [0.1, 0.15) is 18.1 Å². The van der Waals surface area contributed by atoms with Gasteiger partial charge in [0.25, 0.3) is 5.91 Å². The number of para-hydroxylation sites is 1. The van der Waals surface area contributed by atoms with Crippen LogP contribution in [0.1, 0.15) is 28.3 Å². The number of hydrogen-bond donors (Lipinski definition) is 1. The third-order valence-electron chi connectivity index (χ3n) is 3.99. The van der Waals surface area contributed by atoms with Gasteiger partial charge < -0.3 is 19.2 Å². The van der Waals surface area contributed by atoms with Crippen LogP contribution < -0.4 is 10.1 Å². The van der Waals surface area contributed by atoms with E-state index in [9.17, 15) is 4.79 Å². The third kappa shape index (κ3) is 3.93. The Morgan fingerprint density at radius 3 is 3.04 bits per heavy atom. The van der Waals surface area contributed by atoms with Crippen molar-refractivity contribution in [2.24, 2.45) is 5.92 Å². The number of amides is 1. The summed E-state index contributed by atoms with van der Waals surface area (Å²) in [6.07, 6.45) is 1.82. The van der Waals surface area contributed by atoms with Gasteiger partial charge in [0.05, 0.1) is 6.61 Å². The summed E-state index contributed by atoms with van der Waals surface area (Å²) in [5.41, 5.74) is 1.20. The molecule has 5 heteroatoms. The van der Waals surface area contributed by atoms with E-state index in [0.717, 1.165) is 18.6 Å². The van der Waals surface area contributed by atoms with E-state index in [2.05, 4.69) is 11.4 Å². The lowest BCUT2D eigenvalue weighted by atomic mass is 9.97. The average molecular weight is 315 g/mol. The molecule has 0 saturated carbocycles. The number of methoxy groups -OCH3 is 1. The lowest BCUT2D eigenvalue weighted by molar-refractivity contribution is 0.0909. The van der Waals surface area contributed by atoms with E-state index in [1.165, 1.54) is 5.56 Å². The van der Waals surface area contributed by atoms with Crippen molar-refractivity contribution in [2.75, 3.05) is 20.3 Å².